The summed E-state index contributed by atoms with van der Waals surface area (Å²) >= 11 is 0. The summed E-state index contributed by atoms with van der Waals surface area (Å²) in [7, 11) is -1.95. The van der Waals surface area contributed by atoms with Crippen molar-refractivity contribution in [2.24, 2.45) is 0 Å². The van der Waals surface area contributed by atoms with Crippen LogP contribution in [-0.4, -0.2) is 8.32 Å². The van der Waals surface area contributed by atoms with Crippen molar-refractivity contribution in [1.29, 1.82) is 0 Å². The number of aryl methyl sites for hydroxylation is 1. The van der Waals surface area contributed by atoms with Gasteiger partial charge in [-0.05, 0) is 55.1 Å². The van der Waals surface area contributed by atoms with Crippen molar-refractivity contribution >= 4 is 19.3 Å². The predicted octanol–water partition coefficient (Wildman–Crippen LogP) is 6.02. The lowest BCUT2D eigenvalue weighted by molar-refractivity contribution is 0.489. The van der Waals surface area contributed by atoms with Crippen molar-refractivity contribution in [3.63, 3.8) is 0 Å². The highest BCUT2D eigenvalue weighted by Gasteiger charge is 2.39. The maximum atomic E-state index is 12.5. The van der Waals surface area contributed by atoms with Crippen molar-refractivity contribution in [2.75, 3.05) is 0 Å². The zero-order chi connectivity index (χ0) is 19.5. The molecule has 0 saturated carbocycles. The van der Waals surface area contributed by atoms with Gasteiger partial charge in [-0.1, -0.05) is 32.9 Å². The third-order valence-corrected chi connectivity index (χ3v) is 9.58. The molecule has 0 atom stereocenters. The fourth-order valence-electron chi connectivity index (χ4n) is 2.68. The molecule has 0 bridgehead atoms. The van der Waals surface area contributed by atoms with Gasteiger partial charge < -0.3 is 8.84 Å². The normalized spacial score (nSPS) is 12.2. The zero-order valence-corrected chi connectivity index (χ0v) is 17.6. The molecule has 0 spiro atoms. The molecule has 4 heteroatoms. The third kappa shape index (κ3) is 4.18. The van der Waals surface area contributed by atoms with Gasteiger partial charge in [-0.2, -0.15) is 0 Å². The van der Waals surface area contributed by atoms with Gasteiger partial charge in [0, 0.05) is 17.0 Å². The second-order valence-corrected chi connectivity index (χ2v) is 12.9. The Morgan fingerprint density at radius 3 is 2.42 bits per heavy atom. The lowest BCUT2D eigenvalue weighted by Gasteiger charge is -2.36. The van der Waals surface area contributed by atoms with Crippen LogP contribution in [0.4, 0.5) is 0 Å². The molecule has 1 aromatic carbocycles. The molecule has 2 rings (SSSR count). The quantitative estimate of drug-likeness (QED) is 0.340. The maximum Gasteiger partial charge on any atom is 0.340 e. The Morgan fingerprint density at radius 1 is 1.15 bits per heavy atom. The van der Waals surface area contributed by atoms with Crippen molar-refractivity contribution in [2.45, 2.75) is 58.2 Å². The SMILES string of the molecule is C=CCCc1c(CC=C)c(=O)oc2cc(O[Si](C)(C)C(C)(C)C)ccc12. The molecule has 1 heterocycles. The molecule has 0 unspecified atom stereocenters. The van der Waals surface area contributed by atoms with E-state index in [0.29, 0.717) is 17.6 Å². The number of hydrogen-bond acceptors (Lipinski definition) is 3. The summed E-state index contributed by atoms with van der Waals surface area (Å²) in [4.78, 5) is 12.5. The minimum absolute atomic E-state index is 0.103. The van der Waals surface area contributed by atoms with Crippen LogP contribution in [0.15, 0.2) is 52.7 Å². The maximum absolute atomic E-state index is 12.5. The highest BCUT2D eigenvalue weighted by Crippen LogP contribution is 2.38. The Kier molecular flexibility index (Phi) is 5.97. The second kappa shape index (κ2) is 7.66. The van der Waals surface area contributed by atoms with E-state index in [1.807, 2.05) is 24.3 Å². The van der Waals surface area contributed by atoms with Crippen LogP contribution in [0.5, 0.6) is 5.75 Å². The molecule has 26 heavy (non-hydrogen) atoms. The summed E-state index contributed by atoms with van der Waals surface area (Å²) in [5.74, 6) is 0.762. The van der Waals surface area contributed by atoms with Gasteiger partial charge in [-0.3, -0.25) is 0 Å². The molecular weight excluding hydrogens is 340 g/mol. The topological polar surface area (TPSA) is 39.4 Å². The molecule has 3 nitrogen and oxygen atoms in total. The largest absolute Gasteiger partial charge is 0.543 e. The van der Waals surface area contributed by atoms with E-state index >= 15 is 0 Å². The van der Waals surface area contributed by atoms with Crippen LogP contribution in [0.25, 0.3) is 11.0 Å². The first kappa shape index (κ1) is 20.2. The first-order chi connectivity index (χ1) is 12.1. The third-order valence-electron chi connectivity index (χ3n) is 5.22. The second-order valence-electron chi connectivity index (χ2n) is 8.19. The molecule has 0 fully saturated rings. The van der Waals surface area contributed by atoms with Gasteiger partial charge in [0.2, 0.25) is 8.32 Å². The average molecular weight is 371 g/mol. The van der Waals surface area contributed by atoms with Crippen molar-refractivity contribution in [1.82, 2.24) is 0 Å². The van der Waals surface area contributed by atoms with E-state index in [2.05, 4.69) is 47.0 Å². The van der Waals surface area contributed by atoms with Gasteiger partial charge in [0.15, 0.2) is 0 Å². The first-order valence-electron chi connectivity index (χ1n) is 9.10. The molecule has 0 saturated heterocycles. The number of hydrogen-bond donors (Lipinski definition) is 0. The number of benzene rings is 1. The van der Waals surface area contributed by atoms with Crippen LogP contribution in [0.2, 0.25) is 18.1 Å². The fraction of sp³-hybridized carbons (Fsp3) is 0.409. The van der Waals surface area contributed by atoms with Gasteiger partial charge in [-0.25, -0.2) is 4.79 Å². The molecule has 0 radical (unpaired) electrons. The van der Waals surface area contributed by atoms with E-state index in [9.17, 15) is 4.79 Å². The van der Waals surface area contributed by atoms with E-state index in [4.69, 9.17) is 8.84 Å². The Labute approximate surface area is 157 Å². The monoisotopic (exact) mass is 370 g/mol. The smallest absolute Gasteiger partial charge is 0.340 e. The highest BCUT2D eigenvalue weighted by molar-refractivity contribution is 6.74. The lowest BCUT2D eigenvalue weighted by atomic mass is 9.98. The van der Waals surface area contributed by atoms with E-state index in [1.165, 1.54) is 0 Å². The predicted molar refractivity (Wildman–Crippen MR) is 113 cm³/mol. The number of rotatable bonds is 7. The first-order valence-corrected chi connectivity index (χ1v) is 12.0. The van der Waals surface area contributed by atoms with Gasteiger partial charge in [0.25, 0.3) is 0 Å². The van der Waals surface area contributed by atoms with Crippen LogP contribution < -0.4 is 10.1 Å². The lowest BCUT2D eigenvalue weighted by Crippen LogP contribution is -2.43. The van der Waals surface area contributed by atoms with Crippen LogP contribution in [0.1, 0.15) is 38.3 Å². The molecular formula is C22H30O3Si. The summed E-state index contributed by atoms with van der Waals surface area (Å²) in [6, 6.07) is 5.84. The average Bonchev–Trinajstić information content (AvgIpc) is 2.53. The molecule has 140 valence electrons. The van der Waals surface area contributed by atoms with E-state index in [0.717, 1.165) is 29.5 Å². The Balaban J connectivity index is 2.56. The van der Waals surface area contributed by atoms with Crippen LogP contribution >= 0.6 is 0 Å². The van der Waals surface area contributed by atoms with Gasteiger partial charge in [0.1, 0.15) is 11.3 Å². The van der Waals surface area contributed by atoms with Gasteiger partial charge >= 0.3 is 5.63 Å². The van der Waals surface area contributed by atoms with Crippen LogP contribution in [0, 0.1) is 0 Å². The molecule has 0 N–H and O–H groups in total. The fourth-order valence-corrected chi connectivity index (χ4v) is 3.70. The van der Waals surface area contributed by atoms with Gasteiger partial charge in [0.05, 0.1) is 0 Å². The minimum Gasteiger partial charge on any atom is -0.543 e. The van der Waals surface area contributed by atoms with E-state index in [-0.39, 0.29) is 10.7 Å². The standard InChI is InChI=1S/C22H30O3Si/c1-8-10-12-17-18-14-13-16(25-26(6,7)22(3,4)5)15-20(18)24-21(23)19(17)11-9-2/h8-9,13-15H,1-2,10-12H2,3-7H3. The molecule has 0 aliphatic carbocycles. The molecule has 0 aliphatic rings. The molecule has 0 aliphatic heterocycles. The number of allylic oxidation sites excluding steroid dienone is 2. The summed E-state index contributed by atoms with van der Waals surface area (Å²) < 4.78 is 12.0. The Morgan fingerprint density at radius 2 is 1.85 bits per heavy atom. The van der Waals surface area contributed by atoms with E-state index < -0.39 is 8.32 Å². The van der Waals surface area contributed by atoms with E-state index in [1.54, 1.807) is 6.08 Å². The zero-order valence-electron chi connectivity index (χ0n) is 16.6. The molecule has 1 aromatic heterocycles. The minimum atomic E-state index is -1.95. The Bertz CT molecular complexity index is 869. The van der Waals surface area contributed by atoms with Crippen molar-refractivity contribution < 1.29 is 8.84 Å². The molecule has 2 aromatic rings. The summed E-state index contributed by atoms with van der Waals surface area (Å²) in [5.41, 5.74) is 2.00. The Hall–Kier alpha value is -2.07. The summed E-state index contributed by atoms with van der Waals surface area (Å²) in [6.45, 7) is 18.6. The highest BCUT2D eigenvalue weighted by atomic mass is 28.4. The molecule has 0 amide bonds. The summed E-state index contributed by atoms with van der Waals surface area (Å²) in [6.07, 6.45) is 5.69. The van der Waals surface area contributed by atoms with Crippen molar-refractivity contribution in [3.05, 3.63) is 65.1 Å². The van der Waals surface area contributed by atoms with Gasteiger partial charge in [-0.15, -0.1) is 13.2 Å². The van der Waals surface area contributed by atoms with Crippen molar-refractivity contribution in [3.8, 4) is 5.75 Å². The van der Waals surface area contributed by atoms with Crippen LogP contribution in [-0.2, 0) is 12.8 Å². The number of fused-ring (bicyclic) bond motifs is 1. The van der Waals surface area contributed by atoms with Crippen LogP contribution in [0.3, 0.4) is 0 Å². The summed E-state index contributed by atoms with van der Waals surface area (Å²) in [5, 5.41) is 1.07.